The quantitative estimate of drug-likeness (QED) is 0.718. The molecule has 0 amide bonds. The maximum Gasteiger partial charge on any atom is 0.347 e. The molecule has 16 heavy (non-hydrogen) atoms. The molecule has 3 nitrogen and oxygen atoms in total. The van der Waals surface area contributed by atoms with Crippen LogP contribution in [0.4, 0.5) is 0 Å². The molecule has 1 aromatic carbocycles. The largest absolute Gasteiger partial charge is 0.479 e. The lowest BCUT2D eigenvalue weighted by atomic mass is 10.2. The average Bonchev–Trinajstić information content (AvgIpc) is 2.26. The number of benzene rings is 1. The first-order valence-electron chi connectivity index (χ1n) is 5.57. The van der Waals surface area contributed by atoms with Crippen molar-refractivity contribution in [2.45, 2.75) is 33.3 Å². The molecule has 1 rings (SSSR count). The lowest BCUT2D eigenvalue weighted by molar-refractivity contribution is -0.151. The van der Waals surface area contributed by atoms with Crippen molar-refractivity contribution >= 4 is 5.97 Å². The zero-order valence-corrected chi connectivity index (χ0v) is 10.0. The Bertz CT molecular complexity index is 347. The fraction of sp³-hybridized carbons (Fsp3) is 0.462. The summed E-state index contributed by atoms with van der Waals surface area (Å²) in [5.41, 5.74) is 1.11. The summed E-state index contributed by atoms with van der Waals surface area (Å²) in [6, 6.07) is 7.64. The SMILES string of the molecule is CCOC(=O)C(CC)Oc1cccc(C)c1. The number of hydrogen-bond acceptors (Lipinski definition) is 3. The highest BCUT2D eigenvalue weighted by molar-refractivity contribution is 5.75. The van der Waals surface area contributed by atoms with Crippen LogP contribution in [-0.2, 0) is 9.53 Å². The van der Waals surface area contributed by atoms with Gasteiger partial charge in [-0.3, -0.25) is 0 Å². The van der Waals surface area contributed by atoms with Gasteiger partial charge in [0.1, 0.15) is 5.75 Å². The Hall–Kier alpha value is -1.51. The van der Waals surface area contributed by atoms with Crippen LogP contribution in [-0.4, -0.2) is 18.7 Å². The molecule has 1 aromatic rings. The van der Waals surface area contributed by atoms with Crippen LogP contribution in [0.3, 0.4) is 0 Å². The van der Waals surface area contributed by atoms with Gasteiger partial charge in [-0.1, -0.05) is 19.1 Å². The molecule has 0 saturated heterocycles. The van der Waals surface area contributed by atoms with E-state index in [2.05, 4.69) is 0 Å². The number of carbonyl (C=O) groups is 1. The van der Waals surface area contributed by atoms with Crippen LogP contribution < -0.4 is 4.74 Å². The summed E-state index contributed by atoms with van der Waals surface area (Å²) in [5.74, 6) is 0.409. The minimum atomic E-state index is -0.512. The lowest BCUT2D eigenvalue weighted by Crippen LogP contribution is -2.28. The van der Waals surface area contributed by atoms with Gasteiger partial charge in [-0.2, -0.15) is 0 Å². The molecule has 0 heterocycles. The molecule has 0 N–H and O–H groups in total. The smallest absolute Gasteiger partial charge is 0.347 e. The van der Waals surface area contributed by atoms with Crippen LogP contribution in [0.2, 0.25) is 0 Å². The van der Waals surface area contributed by atoms with Crippen molar-refractivity contribution < 1.29 is 14.3 Å². The Morgan fingerprint density at radius 1 is 1.38 bits per heavy atom. The van der Waals surface area contributed by atoms with Gasteiger partial charge in [-0.25, -0.2) is 4.79 Å². The fourth-order valence-corrected chi connectivity index (χ4v) is 1.39. The van der Waals surface area contributed by atoms with E-state index in [-0.39, 0.29) is 5.97 Å². The molecule has 0 aliphatic heterocycles. The Labute approximate surface area is 96.4 Å². The Morgan fingerprint density at radius 2 is 2.12 bits per heavy atom. The number of rotatable bonds is 5. The first kappa shape index (κ1) is 12.6. The van der Waals surface area contributed by atoms with Crippen LogP contribution in [0.25, 0.3) is 0 Å². The summed E-state index contributed by atoms with van der Waals surface area (Å²) in [6.07, 6.45) is 0.0917. The highest BCUT2D eigenvalue weighted by atomic mass is 16.6. The van der Waals surface area contributed by atoms with E-state index in [1.165, 1.54) is 0 Å². The lowest BCUT2D eigenvalue weighted by Gasteiger charge is -2.16. The van der Waals surface area contributed by atoms with Gasteiger partial charge in [0.2, 0.25) is 0 Å². The van der Waals surface area contributed by atoms with Crippen molar-refractivity contribution in [3.63, 3.8) is 0 Å². The van der Waals surface area contributed by atoms with Gasteiger partial charge >= 0.3 is 5.97 Å². The summed E-state index contributed by atoms with van der Waals surface area (Å²) in [4.78, 5) is 11.5. The minimum Gasteiger partial charge on any atom is -0.479 e. The number of ether oxygens (including phenoxy) is 2. The van der Waals surface area contributed by atoms with Gasteiger partial charge in [-0.15, -0.1) is 0 Å². The van der Waals surface area contributed by atoms with Gasteiger partial charge in [0, 0.05) is 0 Å². The summed E-state index contributed by atoms with van der Waals surface area (Å²) in [6.45, 7) is 6.05. The number of carbonyl (C=O) groups excluding carboxylic acids is 1. The predicted molar refractivity (Wildman–Crippen MR) is 62.5 cm³/mol. The third-order valence-electron chi connectivity index (χ3n) is 2.19. The third kappa shape index (κ3) is 3.57. The monoisotopic (exact) mass is 222 g/mol. The molecule has 3 heteroatoms. The second-order valence-electron chi connectivity index (χ2n) is 3.58. The normalized spacial score (nSPS) is 11.9. The Morgan fingerprint density at radius 3 is 2.69 bits per heavy atom. The van der Waals surface area contributed by atoms with Gasteiger partial charge < -0.3 is 9.47 Å². The number of esters is 1. The van der Waals surface area contributed by atoms with E-state index in [0.717, 1.165) is 5.56 Å². The zero-order chi connectivity index (χ0) is 12.0. The minimum absolute atomic E-state index is 0.300. The molecule has 0 bridgehead atoms. The van der Waals surface area contributed by atoms with Gasteiger partial charge in [0.25, 0.3) is 0 Å². The summed E-state index contributed by atoms with van der Waals surface area (Å²) < 4.78 is 10.5. The summed E-state index contributed by atoms with van der Waals surface area (Å²) in [5, 5.41) is 0. The van der Waals surface area contributed by atoms with Crippen molar-refractivity contribution in [3.8, 4) is 5.75 Å². The second-order valence-corrected chi connectivity index (χ2v) is 3.58. The van der Waals surface area contributed by atoms with E-state index in [1.54, 1.807) is 6.92 Å². The first-order chi connectivity index (χ1) is 7.67. The number of aryl methyl sites for hydroxylation is 1. The van der Waals surface area contributed by atoms with Gasteiger partial charge in [0.05, 0.1) is 6.61 Å². The van der Waals surface area contributed by atoms with E-state index < -0.39 is 6.10 Å². The molecule has 1 unspecified atom stereocenters. The number of hydrogen-bond donors (Lipinski definition) is 0. The van der Waals surface area contributed by atoms with Crippen LogP contribution in [0, 0.1) is 6.92 Å². The molecule has 0 spiro atoms. The molecular formula is C13H18O3. The molecule has 0 fully saturated rings. The second kappa shape index (κ2) is 6.16. The van der Waals surface area contributed by atoms with Crippen molar-refractivity contribution in [3.05, 3.63) is 29.8 Å². The molecule has 0 aliphatic carbocycles. The van der Waals surface area contributed by atoms with E-state index in [4.69, 9.17) is 9.47 Å². The predicted octanol–water partition coefficient (Wildman–Crippen LogP) is 2.72. The maximum atomic E-state index is 11.5. The van der Waals surface area contributed by atoms with Crippen LogP contribution in [0.1, 0.15) is 25.8 Å². The van der Waals surface area contributed by atoms with Crippen molar-refractivity contribution in [1.29, 1.82) is 0 Å². The third-order valence-corrected chi connectivity index (χ3v) is 2.19. The Kier molecular flexibility index (Phi) is 4.83. The molecule has 1 atom stereocenters. The van der Waals surface area contributed by atoms with Crippen molar-refractivity contribution in [1.82, 2.24) is 0 Å². The molecule has 0 aromatic heterocycles. The van der Waals surface area contributed by atoms with E-state index in [9.17, 15) is 4.79 Å². The maximum absolute atomic E-state index is 11.5. The Balaban J connectivity index is 2.66. The topological polar surface area (TPSA) is 35.5 Å². The standard InChI is InChI=1S/C13H18O3/c1-4-12(13(14)15-5-2)16-11-8-6-7-10(3)9-11/h6-9,12H,4-5H2,1-3H3. The van der Waals surface area contributed by atoms with E-state index >= 15 is 0 Å². The van der Waals surface area contributed by atoms with E-state index in [0.29, 0.717) is 18.8 Å². The van der Waals surface area contributed by atoms with E-state index in [1.807, 2.05) is 38.1 Å². The van der Waals surface area contributed by atoms with Crippen LogP contribution in [0.15, 0.2) is 24.3 Å². The molecule has 0 aliphatic rings. The van der Waals surface area contributed by atoms with Crippen molar-refractivity contribution in [2.24, 2.45) is 0 Å². The molecular weight excluding hydrogens is 204 g/mol. The zero-order valence-electron chi connectivity index (χ0n) is 10.0. The molecule has 0 saturated carbocycles. The van der Waals surface area contributed by atoms with Gasteiger partial charge in [0.15, 0.2) is 6.10 Å². The fourth-order valence-electron chi connectivity index (χ4n) is 1.39. The highest BCUT2D eigenvalue weighted by Gasteiger charge is 2.19. The highest BCUT2D eigenvalue weighted by Crippen LogP contribution is 2.15. The first-order valence-corrected chi connectivity index (χ1v) is 5.57. The summed E-state index contributed by atoms with van der Waals surface area (Å²) in [7, 11) is 0. The van der Waals surface area contributed by atoms with Crippen LogP contribution in [0.5, 0.6) is 5.75 Å². The molecule has 88 valence electrons. The van der Waals surface area contributed by atoms with Crippen molar-refractivity contribution in [2.75, 3.05) is 6.61 Å². The average molecular weight is 222 g/mol. The van der Waals surface area contributed by atoms with Gasteiger partial charge in [-0.05, 0) is 38.0 Å². The van der Waals surface area contributed by atoms with Crippen LogP contribution >= 0.6 is 0 Å². The summed E-state index contributed by atoms with van der Waals surface area (Å²) >= 11 is 0. The molecule has 0 radical (unpaired) electrons.